The Balaban J connectivity index is 2.49. The molecule has 0 aliphatic carbocycles. The normalized spacial score (nSPS) is 12.2. The van der Waals surface area contributed by atoms with Crippen LogP contribution < -0.4 is 9.86 Å². The molecule has 0 saturated heterocycles. The molecule has 3 N–H and O–H groups in total. The summed E-state index contributed by atoms with van der Waals surface area (Å²) in [5, 5.41) is 5.10. The topological polar surface area (TPSA) is 106 Å². The first kappa shape index (κ1) is 17.7. The lowest BCUT2D eigenvalue weighted by molar-refractivity contribution is 0.596. The summed E-state index contributed by atoms with van der Waals surface area (Å²) in [6.45, 7) is 3.52. The first-order valence-electron chi connectivity index (χ1n) is 6.43. The molecule has 2 aromatic rings. The lowest BCUT2D eigenvalue weighted by atomic mass is 10.2. The molecule has 0 aliphatic rings. The van der Waals surface area contributed by atoms with E-state index in [2.05, 4.69) is 4.72 Å². The molecule has 0 spiro atoms. The lowest BCUT2D eigenvalue weighted by Crippen LogP contribution is -2.16. The number of halogens is 1. The third-order valence-corrected chi connectivity index (χ3v) is 5.90. The van der Waals surface area contributed by atoms with Crippen molar-refractivity contribution >= 4 is 37.3 Å². The molecule has 6 nitrogen and oxygen atoms in total. The number of hydrogen-bond donors (Lipinski definition) is 2. The number of nitrogens with one attached hydrogen (secondary N) is 1. The van der Waals surface area contributed by atoms with Crippen LogP contribution >= 0.6 is 11.6 Å². The van der Waals surface area contributed by atoms with Gasteiger partial charge in [-0.3, -0.25) is 4.72 Å². The number of anilines is 1. The van der Waals surface area contributed by atoms with Crippen molar-refractivity contribution in [1.29, 1.82) is 0 Å². The zero-order valence-electron chi connectivity index (χ0n) is 12.4. The van der Waals surface area contributed by atoms with Gasteiger partial charge in [-0.05, 0) is 43.7 Å². The van der Waals surface area contributed by atoms with Gasteiger partial charge in [-0.1, -0.05) is 29.3 Å². The van der Waals surface area contributed by atoms with E-state index in [1.807, 2.05) is 6.92 Å². The summed E-state index contributed by atoms with van der Waals surface area (Å²) < 4.78 is 50.1. The molecule has 0 saturated carbocycles. The SMILES string of the molecule is Cc1ccc(S(=O)(=O)Nc2cc(S(N)(=O)=O)ccc2Cl)c(C)c1. The number of primary sulfonamides is 1. The van der Waals surface area contributed by atoms with Gasteiger partial charge in [-0.2, -0.15) is 0 Å². The molecule has 0 atom stereocenters. The molecular formula is C14H15ClN2O4S2. The number of sulfonamides is 2. The summed E-state index contributed by atoms with van der Waals surface area (Å²) in [6, 6.07) is 8.43. The van der Waals surface area contributed by atoms with E-state index in [0.29, 0.717) is 5.56 Å². The third-order valence-electron chi connectivity index (χ3n) is 3.13. The molecule has 0 unspecified atom stereocenters. The van der Waals surface area contributed by atoms with Crippen LogP contribution in [0.4, 0.5) is 5.69 Å². The van der Waals surface area contributed by atoms with Gasteiger partial charge in [0.05, 0.1) is 20.5 Å². The Morgan fingerprint density at radius 1 is 1.00 bits per heavy atom. The average Bonchev–Trinajstić information content (AvgIpc) is 2.39. The highest BCUT2D eigenvalue weighted by Crippen LogP contribution is 2.28. The smallest absolute Gasteiger partial charge is 0.262 e. The van der Waals surface area contributed by atoms with Gasteiger partial charge in [-0.25, -0.2) is 22.0 Å². The predicted molar refractivity (Wildman–Crippen MR) is 89.5 cm³/mol. The van der Waals surface area contributed by atoms with Crippen molar-refractivity contribution in [2.45, 2.75) is 23.6 Å². The fourth-order valence-electron chi connectivity index (χ4n) is 2.06. The van der Waals surface area contributed by atoms with Crippen molar-refractivity contribution in [3.63, 3.8) is 0 Å². The summed E-state index contributed by atoms with van der Waals surface area (Å²) >= 11 is 5.94. The predicted octanol–water partition coefficient (Wildman–Crippen LogP) is 2.41. The summed E-state index contributed by atoms with van der Waals surface area (Å²) in [5.74, 6) is 0. The first-order valence-corrected chi connectivity index (χ1v) is 9.84. The van der Waals surface area contributed by atoms with Crippen molar-refractivity contribution in [3.05, 3.63) is 52.5 Å². The van der Waals surface area contributed by atoms with Gasteiger partial charge in [0, 0.05) is 0 Å². The monoisotopic (exact) mass is 374 g/mol. The maximum Gasteiger partial charge on any atom is 0.262 e. The Morgan fingerprint density at radius 3 is 2.22 bits per heavy atom. The Kier molecular flexibility index (Phi) is 4.72. The largest absolute Gasteiger partial charge is 0.278 e. The van der Waals surface area contributed by atoms with Crippen LogP contribution in [-0.4, -0.2) is 16.8 Å². The van der Waals surface area contributed by atoms with Gasteiger partial charge in [0.25, 0.3) is 10.0 Å². The number of benzene rings is 2. The molecule has 0 heterocycles. The van der Waals surface area contributed by atoms with Crippen molar-refractivity contribution in [2.24, 2.45) is 5.14 Å². The van der Waals surface area contributed by atoms with Crippen molar-refractivity contribution in [3.8, 4) is 0 Å². The van der Waals surface area contributed by atoms with Crippen LogP contribution in [0.3, 0.4) is 0 Å². The fourth-order valence-corrected chi connectivity index (χ4v) is 4.12. The van der Waals surface area contributed by atoms with E-state index in [-0.39, 0.29) is 20.5 Å². The van der Waals surface area contributed by atoms with E-state index in [1.165, 1.54) is 18.2 Å². The fraction of sp³-hybridized carbons (Fsp3) is 0.143. The standard InChI is InChI=1S/C14H15ClN2O4S2/c1-9-3-6-14(10(2)7-9)23(20,21)17-13-8-11(22(16,18)19)4-5-12(13)15/h3-8,17H,1-2H3,(H2,16,18,19). The number of hydrogen-bond acceptors (Lipinski definition) is 4. The van der Waals surface area contributed by atoms with E-state index in [1.54, 1.807) is 19.1 Å². The van der Waals surface area contributed by atoms with Gasteiger partial charge in [0.1, 0.15) is 0 Å². The number of rotatable bonds is 4. The van der Waals surface area contributed by atoms with Gasteiger partial charge in [0.15, 0.2) is 0 Å². The summed E-state index contributed by atoms with van der Waals surface area (Å²) in [4.78, 5) is -0.152. The number of aryl methyl sites for hydroxylation is 2. The van der Waals surface area contributed by atoms with E-state index in [4.69, 9.17) is 16.7 Å². The third kappa shape index (κ3) is 4.03. The van der Waals surface area contributed by atoms with E-state index < -0.39 is 20.0 Å². The Morgan fingerprint density at radius 2 is 1.65 bits per heavy atom. The molecule has 0 aromatic heterocycles. The minimum Gasteiger partial charge on any atom is -0.278 e. The van der Waals surface area contributed by atoms with Gasteiger partial charge in [0.2, 0.25) is 10.0 Å². The van der Waals surface area contributed by atoms with Crippen molar-refractivity contribution in [1.82, 2.24) is 0 Å². The zero-order valence-corrected chi connectivity index (χ0v) is 14.8. The minimum atomic E-state index is -3.97. The highest BCUT2D eigenvalue weighted by molar-refractivity contribution is 7.92. The van der Waals surface area contributed by atoms with Gasteiger partial charge < -0.3 is 0 Å². The lowest BCUT2D eigenvalue weighted by Gasteiger charge is -2.13. The highest BCUT2D eigenvalue weighted by Gasteiger charge is 2.19. The second kappa shape index (κ2) is 6.12. The maximum absolute atomic E-state index is 12.5. The maximum atomic E-state index is 12.5. The minimum absolute atomic E-state index is 0.0573. The van der Waals surface area contributed by atoms with E-state index in [9.17, 15) is 16.8 Å². The Labute approximate surface area is 140 Å². The molecule has 2 aromatic carbocycles. The Bertz CT molecular complexity index is 970. The van der Waals surface area contributed by atoms with Crippen LogP contribution in [0.15, 0.2) is 46.2 Å². The van der Waals surface area contributed by atoms with Crippen LogP contribution in [0.1, 0.15) is 11.1 Å². The van der Waals surface area contributed by atoms with Crippen molar-refractivity contribution in [2.75, 3.05) is 4.72 Å². The van der Waals surface area contributed by atoms with Crippen LogP contribution in [0.25, 0.3) is 0 Å². The van der Waals surface area contributed by atoms with Crippen LogP contribution in [0.5, 0.6) is 0 Å². The Hall–Kier alpha value is -1.61. The second-order valence-electron chi connectivity index (χ2n) is 5.06. The molecule has 0 bridgehead atoms. The summed E-state index contributed by atoms with van der Waals surface area (Å²) in [5.41, 5.74) is 1.44. The van der Waals surface area contributed by atoms with Crippen LogP contribution in [-0.2, 0) is 20.0 Å². The molecule has 0 radical (unpaired) electrons. The number of nitrogens with two attached hydrogens (primary N) is 1. The quantitative estimate of drug-likeness (QED) is 0.856. The molecule has 23 heavy (non-hydrogen) atoms. The van der Waals surface area contributed by atoms with Gasteiger partial charge in [-0.15, -0.1) is 0 Å². The van der Waals surface area contributed by atoms with Crippen molar-refractivity contribution < 1.29 is 16.8 Å². The molecule has 9 heteroatoms. The van der Waals surface area contributed by atoms with Crippen LogP contribution in [0.2, 0.25) is 5.02 Å². The first-order chi connectivity index (χ1) is 10.5. The van der Waals surface area contributed by atoms with E-state index >= 15 is 0 Å². The molecular weight excluding hydrogens is 360 g/mol. The van der Waals surface area contributed by atoms with E-state index in [0.717, 1.165) is 11.6 Å². The summed E-state index contributed by atoms with van der Waals surface area (Å²) in [7, 11) is -7.89. The molecule has 2 rings (SSSR count). The highest BCUT2D eigenvalue weighted by atomic mass is 35.5. The second-order valence-corrected chi connectivity index (χ2v) is 8.68. The van der Waals surface area contributed by atoms with Crippen LogP contribution in [0, 0.1) is 13.8 Å². The molecule has 0 fully saturated rings. The average molecular weight is 375 g/mol. The zero-order chi connectivity index (χ0) is 17.4. The molecule has 0 amide bonds. The molecule has 124 valence electrons. The summed E-state index contributed by atoms with van der Waals surface area (Å²) in [6.07, 6.45) is 0. The molecule has 0 aliphatic heterocycles. The van der Waals surface area contributed by atoms with Gasteiger partial charge >= 0.3 is 0 Å².